The third kappa shape index (κ3) is 2.19. The van der Waals surface area contributed by atoms with Crippen molar-refractivity contribution in [2.75, 3.05) is 0 Å². The van der Waals surface area contributed by atoms with Crippen molar-refractivity contribution in [3.8, 4) is 0 Å². The van der Waals surface area contributed by atoms with Crippen LogP contribution in [0.2, 0.25) is 0 Å². The number of carbonyl (C=O) groups is 1. The van der Waals surface area contributed by atoms with Crippen LogP contribution in [-0.4, -0.2) is 11.1 Å². The summed E-state index contributed by atoms with van der Waals surface area (Å²) in [5.41, 5.74) is 5.58. The number of carboxylic acids is 1. The molecule has 4 aliphatic rings. The van der Waals surface area contributed by atoms with Crippen LogP contribution in [0.5, 0.6) is 0 Å². The zero-order valence-electron chi connectivity index (χ0n) is 12.1. The molecule has 3 heteroatoms. The second-order valence-electron chi connectivity index (χ2n) is 5.86. The summed E-state index contributed by atoms with van der Waals surface area (Å²) in [5, 5.41) is 10.2. The van der Waals surface area contributed by atoms with Gasteiger partial charge in [0, 0.05) is 5.39 Å². The molecule has 3 aromatic rings. The lowest BCUT2D eigenvalue weighted by Crippen LogP contribution is -1.98. The van der Waals surface area contributed by atoms with E-state index in [1.165, 1.54) is 11.1 Å². The van der Waals surface area contributed by atoms with E-state index in [4.69, 9.17) is 4.42 Å². The van der Waals surface area contributed by atoms with Gasteiger partial charge in [-0.2, -0.15) is 0 Å². The highest BCUT2D eigenvalue weighted by molar-refractivity contribution is 5.94. The molecule has 0 spiro atoms. The Balaban J connectivity index is 1.89. The number of furan rings is 1. The number of aromatic carboxylic acids is 1. The monoisotopic (exact) mass is 292 g/mol. The van der Waals surface area contributed by atoms with E-state index in [1.54, 1.807) is 6.07 Å². The Kier molecular flexibility index (Phi) is 3.00. The second kappa shape index (κ2) is 5.02. The molecule has 0 saturated carbocycles. The van der Waals surface area contributed by atoms with E-state index >= 15 is 0 Å². The molecule has 0 unspecified atom stereocenters. The van der Waals surface area contributed by atoms with E-state index < -0.39 is 5.97 Å². The van der Waals surface area contributed by atoms with Crippen molar-refractivity contribution in [1.29, 1.82) is 0 Å². The average molecular weight is 292 g/mol. The maximum absolute atomic E-state index is 11.2. The summed E-state index contributed by atoms with van der Waals surface area (Å²) in [7, 11) is 0. The molecule has 0 saturated heterocycles. The van der Waals surface area contributed by atoms with Crippen molar-refractivity contribution < 1.29 is 14.3 Å². The SMILES string of the molecule is O=C(O)c1cc2c3ccc(c2o1)CCc1ccc(cc1)CC3. The molecule has 0 radical (unpaired) electrons. The standard InChI is InChI=1S/C19H16O3/c20-19(21)17-11-16-14-7-5-12-1-3-13(4-2-12)6-8-15(10-9-14)18(16)22-17/h1-4,9-11H,5-8H2,(H,20,21). The minimum atomic E-state index is -1.01. The van der Waals surface area contributed by atoms with Gasteiger partial charge in [-0.1, -0.05) is 36.4 Å². The second-order valence-corrected chi connectivity index (χ2v) is 5.86. The van der Waals surface area contributed by atoms with Crippen LogP contribution in [0.1, 0.15) is 32.8 Å². The number of hydrogen-bond acceptors (Lipinski definition) is 2. The largest absolute Gasteiger partial charge is 0.475 e. The zero-order valence-corrected chi connectivity index (χ0v) is 12.1. The number of hydrogen-bond donors (Lipinski definition) is 1. The van der Waals surface area contributed by atoms with Gasteiger partial charge in [0.2, 0.25) is 5.76 Å². The summed E-state index contributed by atoms with van der Waals surface area (Å²) in [4.78, 5) is 11.2. The van der Waals surface area contributed by atoms with Crippen molar-refractivity contribution >= 4 is 16.9 Å². The summed E-state index contributed by atoms with van der Waals surface area (Å²) < 4.78 is 5.62. The van der Waals surface area contributed by atoms with E-state index in [9.17, 15) is 9.90 Å². The first-order valence-corrected chi connectivity index (χ1v) is 7.56. The van der Waals surface area contributed by atoms with Crippen LogP contribution in [0.25, 0.3) is 11.0 Å². The van der Waals surface area contributed by atoms with Crippen LogP contribution in [0, 0.1) is 0 Å². The highest BCUT2D eigenvalue weighted by atomic mass is 16.4. The predicted octanol–water partition coefficient (Wildman–Crippen LogP) is 4.01. The average Bonchev–Trinajstić information content (AvgIpc) is 2.96. The molecule has 7 rings (SSSR count). The molecule has 0 aliphatic heterocycles. The van der Waals surface area contributed by atoms with Crippen LogP contribution < -0.4 is 0 Å². The third-order valence-electron chi connectivity index (χ3n) is 4.46. The van der Waals surface area contributed by atoms with E-state index in [-0.39, 0.29) is 5.76 Å². The number of carboxylic acid groups (broad SMARTS) is 1. The molecule has 22 heavy (non-hydrogen) atoms. The fraction of sp³-hybridized carbons (Fsp3) is 0.211. The molecule has 2 aromatic carbocycles. The van der Waals surface area contributed by atoms with Crippen molar-refractivity contribution in [2.24, 2.45) is 0 Å². The topological polar surface area (TPSA) is 50.4 Å². The Labute approximate surface area is 128 Å². The van der Waals surface area contributed by atoms with Crippen LogP contribution in [-0.2, 0) is 25.7 Å². The maximum Gasteiger partial charge on any atom is 0.371 e. The lowest BCUT2D eigenvalue weighted by Gasteiger charge is -2.10. The summed E-state index contributed by atoms with van der Waals surface area (Å²) in [6.45, 7) is 0. The Morgan fingerprint density at radius 2 is 1.45 bits per heavy atom. The van der Waals surface area contributed by atoms with Gasteiger partial charge in [0.05, 0.1) is 0 Å². The molecule has 4 bridgehead atoms. The number of benzene rings is 2. The maximum atomic E-state index is 11.2. The lowest BCUT2D eigenvalue weighted by atomic mass is 9.94. The fourth-order valence-electron chi connectivity index (χ4n) is 3.19. The van der Waals surface area contributed by atoms with Crippen molar-refractivity contribution in [3.05, 3.63) is 70.5 Å². The molecule has 0 amide bonds. The van der Waals surface area contributed by atoms with Gasteiger partial charge in [0.1, 0.15) is 5.58 Å². The molecule has 0 fully saturated rings. The van der Waals surface area contributed by atoms with Crippen LogP contribution in [0.4, 0.5) is 0 Å². The van der Waals surface area contributed by atoms with E-state index in [1.807, 2.05) is 0 Å². The van der Waals surface area contributed by atoms with E-state index in [2.05, 4.69) is 36.4 Å². The van der Waals surface area contributed by atoms with Crippen molar-refractivity contribution in [3.63, 3.8) is 0 Å². The molecule has 110 valence electrons. The smallest absolute Gasteiger partial charge is 0.371 e. The van der Waals surface area contributed by atoms with Gasteiger partial charge in [-0.05, 0) is 54.0 Å². The molecule has 1 aromatic heterocycles. The van der Waals surface area contributed by atoms with Crippen molar-refractivity contribution in [1.82, 2.24) is 0 Å². The van der Waals surface area contributed by atoms with Gasteiger partial charge in [-0.25, -0.2) is 4.79 Å². The van der Waals surface area contributed by atoms with Crippen molar-refractivity contribution in [2.45, 2.75) is 25.7 Å². The Morgan fingerprint density at radius 1 is 0.864 bits per heavy atom. The first kappa shape index (κ1) is 13.1. The first-order valence-electron chi connectivity index (χ1n) is 7.56. The van der Waals surface area contributed by atoms with Gasteiger partial charge in [-0.15, -0.1) is 0 Å². The number of rotatable bonds is 1. The van der Waals surface area contributed by atoms with Gasteiger partial charge < -0.3 is 9.52 Å². The molecule has 4 aliphatic carbocycles. The Hall–Kier alpha value is -2.55. The fourth-order valence-corrected chi connectivity index (χ4v) is 3.19. The lowest BCUT2D eigenvalue weighted by molar-refractivity contribution is 0.0665. The quantitative estimate of drug-likeness (QED) is 0.737. The van der Waals surface area contributed by atoms with Gasteiger partial charge >= 0.3 is 5.97 Å². The minimum Gasteiger partial charge on any atom is -0.475 e. The van der Waals surface area contributed by atoms with Crippen LogP contribution in [0.15, 0.2) is 46.9 Å². The molecule has 1 heterocycles. The molecule has 3 nitrogen and oxygen atoms in total. The summed E-state index contributed by atoms with van der Waals surface area (Å²) >= 11 is 0. The van der Waals surface area contributed by atoms with Gasteiger partial charge in [0.25, 0.3) is 0 Å². The molecule has 0 atom stereocenters. The molecule has 1 N–H and O–H groups in total. The minimum absolute atomic E-state index is 0.0260. The van der Waals surface area contributed by atoms with Gasteiger partial charge in [0.15, 0.2) is 0 Å². The molecular formula is C19H16O3. The Bertz CT molecular complexity index is 792. The summed E-state index contributed by atoms with van der Waals surface area (Å²) in [6, 6.07) is 14.6. The summed E-state index contributed by atoms with van der Waals surface area (Å²) in [6.07, 6.45) is 3.61. The predicted molar refractivity (Wildman–Crippen MR) is 84.4 cm³/mol. The first-order chi connectivity index (χ1) is 10.7. The van der Waals surface area contributed by atoms with E-state index in [0.717, 1.165) is 47.8 Å². The zero-order chi connectivity index (χ0) is 15.1. The molecular weight excluding hydrogens is 276 g/mol. The normalized spacial score (nSPS) is 14.0. The third-order valence-corrected chi connectivity index (χ3v) is 4.46. The highest BCUT2D eigenvalue weighted by Crippen LogP contribution is 2.29. The number of aryl methyl sites for hydroxylation is 4. The Morgan fingerprint density at radius 3 is 2.09 bits per heavy atom. The van der Waals surface area contributed by atoms with Crippen LogP contribution >= 0.6 is 0 Å². The van der Waals surface area contributed by atoms with Crippen LogP contribution in [0.3, 0.4) is 0 Å². The summed E-state index contributed by atoms with van der Waals surface area (Å²) in [5.74, 6) is -0.984. The van der Waals surface area contributed by atoms with Gasteiger partial charge in [-0.3, -0.25) is 0 Å². The highest BCUT2D eigenvalue weighted by Gasteiger charge is 2.16. The van der Waals surface area contributed by atoms with E-state index in [0.29, 0.717) is 0 Å².